The molecule has 1 saturated carbocycles. The van der Waals surface area contributed by atoms with Gasteiger partial charge in [0.1, 0.15) is 12.1 Å². The third-order valence-corrected chi connectivity index (χ3v) is 5.57. The minimum atomic E-state index is -0.919. The van der Waals surface area contributed by atoms with Gasteiger partial charge in [-0.2, -0.15) is 0 Å². The summed E-state index contributed by atoms with van der Waals surface area (Å²) in [6.45, 7) is 2.80. The van der Waals surface area contributed by atoms with E-state index in [1.165, 1.54) is 0 Å². The summed E-state index contributed by atoms with van der Waals surface area (Å²) in [6, 6.07) is 6.64. The van der Waals surface area contributed by atoms with Gasteiger partial charge in [0.2, 0.25) is 0 Å². The number of hydrogen-bond donors (Lipinski definition) is 2. The van der Waals surface area contributed by atoms with E-state index in [4.69, 9.17) is 4.74 Å². The molecule has 2 fully saturated rings. The summed E-state index contributed by atoms with van der Waals surface area (Å²) in [6.07, 6.45) is 3.30. The number of carbonyl (C=O) groups excluding carboxylic acids is 4. The molecule has 1 heterocycles. The van der Waals surface area contributed by atoms with Crippen LogP contribution in [0.5, 0.6) is 0 Å². The van der Waals surface area contributed by atoms with E-state index in [9.17, 15) is 19.2 Å². The molecule has 0 unspecified atom stereocenters. The van der Waals surface area contributed by atoms with Gasteiger partial charge in [-0.15, -0.1) is 0 Å². The Labute approximate surface area is 163 Å². The van der Waals surface area contributed by atoms with Crippen LogP contribution in [0.15, 0.2) is 24.3 Å². The SMILES string of the molecule is Cc1ccccc1NC(=O)COC(=O)CN1C(=O)N[C@@]2(CCCC[C@H]2C)C1=O. The van der Waals surface area contributed by atoms with Gasteiger partial charge >= 0.3 is 12.0 Å². The van der Waals surface area contributed by atoms with Crippen molar-refractivity contribution in [1.29, 1.82) is 0 Å². The first-order chi connectivity index (χ1) is 13.3. The number of rotatable bonds is 5. The average molecular weight is 387 g/mol. The van der Waals surface area contributed by atoms with E-state index >= 15 is 0 Å². The van der Waals surface area contributed by atoms with Crippen molar-refractivity contribution in [2.45, 2.75) is 45.1 Å². The van der Waals surface area contributed by atoms with Crippen molar-refractivity contribution < 1.29 is 23.9 Å². The van der Waals surface area contributed by atoms with Crippen molar-refractivity contribution in [2.24, 2.45) is 5.92 Å². The molecule has 1 aromatic carbocycles. The van der Waals surface area contributed by atoms with Crippen LogP contribution in [0.25, 0.3) is 0 Å². The predicted octanol–water partition coefficient (Wildman–Crippen LogP) is 1.98. The smallest absolute Gasteiger partial charge is 0.326 e. The quantitative estimate of drug-likeness (QED) is 0.594. The van der Waals surface area contributed by atoms with Crippen molar-refractivity contribution in [3.63, 3.8) is 0 Å². The van der Waals surface area contributed by atoms with Crippen LogP contribution in [0.3, 0.4) is 0 Å². The lowest BCUT2D eigenvalue weighted by atomic mass is 9.73. The third-order valence-electron chi connectivity index (χ3n) is 5.57. The topological polar surface area (TPSA) is 105 Å². The summed E-state index contributed by atoms with van der Waals surface area (Å²) in [5.41, 5.74) is 0.594. The highest BCUT2D eigenvalue weighted by Gasteiger charge is 2.55. The predicted molar refractivity (Wildman–Crippen MR) is 101 cm³/mol. The molecule has 8 nitrogen and oxygen atoms in total. The molecule has 4 amide bonds. The Balaban J connectivity index is 1.53. The van der Waals surface area contributed by atoms with Gasteiger partial charge in [0, 0.05) is 5.69 Å². The van der Waals surface area contributed by atoms with Crippen LogP contribution in [-0.4, -0.2) is 47.4 Å². The molecular weight excluding hydrogens is 362 g/mol. The van der Waals surface area contributed by atoms with Gasteiger partial charge in [-0.3, -0.25) is 19.3 Å². The van der Waals surface area contributed by atoms with Crippen molar-refractivity contribution in [1.82, 2.24) is 10.2 Å². The Morgan fingerprint density at radius 2 is 2.04 bits per heavy atom. The summed E-state index contributed by atoms with van der Waals surface area (Å²) >= 11 is 0. The highest BCUT2D eigenvalue weighted by atomic mass is 16.5. The number of hydrogen-bond acceptors (Lipinski definition) is 5. The van der Waals surface area contributed by atoms with Crippen LogP contribution >= 0.6 is 0 Å². The molecule has 1 aromatic rings. The molecule has 8 heteroatoms. The molecule has 0 aromatic heterocycles. The van der Waals surface area contributed by atoms with Crippen molar-refractivity contribution in [3.05, 3.63) is 29.8 Å². The van der Waals surface area contributed by atoms with E-state index in [1.54, 1.807) is 12.1 Å². The molecule has 1 aliphatic carbocycles. The largest absolute Gasteiger partial charge is 0.454 e. The molecule has 150 valence electrons. The second-order valence-corrected chi connectivity index (χ2v) is 7.46. The Bertz CT molecular complexity index is 809. The van der Waals surface area contributed by atoms with Gasteiger partial charge in [-0.25, -0.2) is 4.79 Å². The third kappa shape index (κ3) is 3.85. The zero-order chi connectivity index (χ0) is 20.3. The van der Waals surface area contributed by atoms with Gasteiger partial charge in [0.25, 0.3) is 11.8 Å². The number of para-hydroxylation sites is 1. The van der Waals surface area contributed by atoms with E-state index in [-0.39, 0.29) is 11.8 Å². The van der Waals surface area contributed by atoms with Crippen LogP contribution in [0.2, 0.25) is 0 Å². The maximum absolute atomic E-state index is 12.8. The lowest BCUT2D eigenvalue weighted by Crippen LogP contribution is -2.54. The van der Waals surface area contributed by atoms with Gasteiger partial charge in [0.15, 0.2) is 6.61 Å². The number of amides is 4. The van der Waals surface area contributed by atoms with Gasteiger partial charge in [0.05, 0.1) is 0 Å². The van der Waals surface area contributed by atoms with E-state index in [2.05, 4.69) is 10.6 Å². The fraction of sp³-hybridized carbons (Fsp3) is 0.500. The van der Waals surface area contributed by atoms with E-state index in [0.717, 1.165) is 29.7 Å². The molecule has 0 bridgehead atoms. The number of nitrogens with one attached hydrogen (secondary N) is 2. The zero-order valence-electron chi connectivity index (χ0n) is 16.1. The van der Waals surface area contributed by atoms with E-state index < -0.39 is 36.6 Å². The minimum Gasteiger partial charge on any atom is -0.454 e. The molecule has 1 saturated heterocycles. The fourth-order valence-electron chi connectivity index (χ4n) is 3.86. The first-order valence-corrected chi connectivity index (χ1v) is 9.49. The van der Waals surface area contributed by atoms with Crippen LogP contribution in [0, 0.1) is 12.8 Å². The standard InChI is InChI=1S/C20H25N3O5/c1-13-7-3-4-9-15(13)21-16(24)12-28-17(25)11-23-18(26)20(22-19(23)27)10-6-5-8-14(20)2/h3-4,7,9,14H,5-6,8,10-12H2,1-2H3,(H,21,24)(H,22,27)/t14-,20-/m1/s1. The van der Waals surface area contributed by atoms with Gasteiger partial charge < -0.3 is 15.4 Å². The lowest BCUT2D eigenvalue weighted by molar-refractivity contribution is -0.150. The summed E-state index contributed by atoms with van der Waals surface area (Å²) in [5, 5.41) is 5.43. The Kier molecular flexibility index (Phi) is 5.67. The Morgan fingerprint density at radius 3 is 2.75 bits per heavy atom. The van der Waals surface area contributed by atoms with E-state index in [1.807, 2.05) is 26.0 Å². The molecule has 2 atom stereocenters. The number of imide groups is 1. The second-order valence-electron chi connectivity index (χ2n) is 7.46. The Morgan fingerprint density at radius 1 is 1.29 bits per heavy atom. The number of urea groups is 1. The van der Waals surface area contributed by atoms with Gasteiger partial charge in [-0.1, -0.05) is 38.0 Å². The summed E-state index contributed by atoms with van der Waals surface area (Å²) in [4.78, 5) is 50.0. The summed E-state index contributed by atoms with van der Waals surface area (Å²) < 4.78 is 4.95. The number of nitrogens with zero attached hydrogens (tertiary/aromatic N) is 1. The second kappa shape index (κ2) is 8.00. The van der Waals surface area contributed by atoms with Crippen LogP contribution in [0.1, 0.15) is 38.2 Å². The first-order valence-electron chi connectivity index (χ1n) is 9.49. The molecule has 2 N–H and O–H groups in total. The number of carbonyl (C=O) groups is 4. The number of benzene rings is 1. The highest BCUT2D eigenvalue weighted by Crippen LogP contribution is 2.38. The zero-order valence-corrected chi connectivity index (χ0v) is 16.1. The molecule has 28 heavy (non-hydrogen) atoms. The van der Waals surface area contributed by atoms with Crippen LogP contribution < -0.4 is 10.6 Å². The molecule has 1 aliphatic heterocycles. The van der Waals surface area contributed by atoms with Gasteiger partial charge in [-0.05, 0) is 37.3 Å². The number of ether oxygens (including phenoxy) is 1. The van der Waals surface area contributed by atoms with Crippen molar-refractivity contribution >= 4 is 29.5 Å². The minimum absolute atomic E-state index is 0.0126. The van der Waals surface area contributed by atoms with Crippen LogP contribution in [-0.2, 0) is 19.1 Å². The molecular formula is C20H25N3O5. The monoisotopic (exact) mass is 387 g/mol. The summed E-state index contributed by atoms with van der Waals surface area (Å²) in [7, 11) is 0. The highest BCUT2D eigenvalue weighted by molar-refractivity contribution is 6.09. The number of anilines is 1. The molecule has 1 spiro atoms. The van der Waals surface area contributed by atoms with Crippen molar-refractivity contribution in [3.8, 4) is 0 Å². The molecule has 3 rings (SSSR count). The number of esters is 1. The normalized spacial score (nSPS) is 24.2. The number of aryl methyl sites for hydroxylation is 1. The maximum Gasteiger partial charge on any atom is 0.326 e. The maximum atomic E-state index is 12.8. The lowest BCUT2D eigenvalue weighted by Gasteiger charge is -2.36. The molecule has 2 aliphatic rings. The first kappa shape index (κ1) is 19.9. The fourth-order valence-corrected chi connectivity index (χ4v) is 3.86. The Hall–Kier alpha value is -2.90. The van der Waals surface area contributed by atoms with Crippen LogP contribution in [0.4, 0.5) is 10.5 Å². The average Bonchev–Trinajstić information content (AvgIpc) is 2.89. The summed E-state index contributed by atoms with van der Waals surface area (Å²) in [5.74, 6) is -1.66. The molecule has 0 radical (unpaired) electrons. The van der Waals surface area contributed by atoms with Crippen molar-refractivity contribution in [2.75, 3.05) is 18.5 Å². The van der Waals surface area contributed by atoms with E-state index in [0.29, 0.717) is 12.1 Å².